The molecule has 28 heavy (non-hydrogen) atoms. The van der Waals surface area contributed by atoms with Crippen LogP contribution in [0.5, 0.6) is 17.2 Å². The second-order valence-electron chi connectivity index (χ2n) is 6.95. The number of ether oxygens (including phenoxy) is 2. The quantitative estimate of drug-likeness (QED) is 0.796. The molecule has 0 bridgehead atoms. The topological polar surface area (TPSA) is 76.1 Å². The molecule has 2 aliphatic heterocycles. The van der Waals surface area contributed by atoms with E-state index in [0.29, 0.717) is 61.2 Å². The van der Waals surface area contributed by atoms with E-state index < -0.39 is 0 Å². The lowest BCUT2D eigenvalue weighted by Crippen LogP contribution is -2.40. The molecule has 0 aliphatic carbocycles. The molecule has 146 valence electrons. The molecule has 0 aromatic heterocycles. The molecular weight excluding hydrogens is 382 g/mol. The molecule has 2 aliphatic rings. The summed E-state index contributed by atoms with van der Waals surface area (Å²) in [5, 5.41) is 10.3. The zero-order chi connectivity index (χ0) is 19.7. The van der Waals surface area contributed by atoms with Crippen molar-refractivity contribution >= 4 is 23.3 Å². The zero-order valence-electron chi connectivity index (χ0n) is 15.2. The number of nitrogens with zero attached hydrogens (tertiary/aromatic N) is 1. The second-order valence-corrected chi connectivity index (χ2v) is 7.39. The van der Waals surface area contributed by atoms with Crippen LogP contribution >= 0.6 is 11.6 Å². The van der Waals surface area contributed by atoms with Gasteiger partial charge in [0.05, 0.1) is 5.56 Å². The molecule has 2 aromatic rings. The third kappa shape index (κ3) is 3.64. The number of phenols is 1. The fourth-order valence-corrected chi connectivity index (χ4v) is 3.80. The summed E-state index contributed by atoms with van der Waals surface area (Å²) in [6.45, 7) is 1.88. The third-order valence-electron chi connectivity index (χ3n) is 5.17. The van der Waals surface area contributed by atoms with Crippen LogP contribution in [0.3, 0.4) is 0 Å². The standard InChI is InChI=1S/C21H20ClNO5/c22-15-2-3-17(24)16(12-15)21(26)23-7-5-13(6-8-23)20(25)14-1-4-18-19(11-14)28-10-9-27-18/h1-4,11-13,24H,5-10H2. The Morgan fingerprint density at radius 2 is 1.71 bits per heavy atom. The van der Waals surface area contributed by atoms with Gasteiger partial charge in [0.15, 0.2) is 17.3 Å². The zero-order valence-corrected chi connectivity index (χ0v) is 15.9. The van der Waals surface area contributed by atoms with Gasteiger partial charge in [-0.2, -0.15) is 0 Å². The second kappa shape index (κ2) is 7.72. The van der Waals surface area contributed by atoms with Gasteiger partial charge in [0, 0.05) is 29.6 Å². The molecule has 6 nitrogen and oxygen atoms in total. The van der Waals surface area contributed by atoms with E-state index in [1.807, 2.05) is 0 Å². The molecule has 1 fully saturated rings. The van der Waals surface area contributed by atoms with Gasteiger partial charge in [-0.25, -0.2) is 0 Å². The predicted molar refractivity (Wildman–Crippen MR) is 104 cm³/mol. The summed E-state index contributed by atoms with van der Waals surface area (Å²) in [6.07, 6.45) is 1.14. The third-order valence-corrected chi connectivity index (χ3v) is 5.40. The molecule has 0 unspecified atom stereocenters. The monoisotopic (exact) mass is 401 g/mol. The van der Waals surface area contributed by atoms with Gasteiger partial charge in [0.2, 0.25) is 0 Å². The summed E-state index contributed by atoms with van der Waals surface area (Å²) in [5.74, 6) is 0.786. The first-order chi connectivity index (χ1) is 13.5. The van der Waals surface area contributed by atoms with E-state index in [2.05, 4.69) is 0 Å². The Kier molecular flexibility index (Phi) is 5.13. The maximum absolute atomic E-state index is 12.9. The number of piperidine rings is 1. The SMILES string of the molecule is O=C(c1ccc2c(c1)OCCO2)C1CCN(C(=O)c2cc(Cl)ccc2O)CC1. The summed E-state index contributed by atoms with van der Waals surface area (Å²) in [6, 6.07) is 9.67. The van der Waals surface area contributed by atoms with Crippen molar-refractivity contribution in [2.24, 2.45) is 5.92 Å². The number of benzene rings is 2. The number of rotatable bonds is 3. The highest BCUT2D eigenvalue weighted by molar-refractivity contribution is 6.31. The van der Waals surface area contributed by atoms with Crippen LogP contribution in [0.2, 0.25) is 5.02 Å². The number of fused-ring (bicyclic) bond motifs is 1. The van der Waals surface area contributed by atoms with Crippen LogP contribution in [0.4, 0.5) is 0 Å². The molecule has 0 saturated carbocycles. The normalized spacial score (nSPS) is 16.7. The summed E-state index contributed by atoms with van der Waals surface area (Å²) in [5.41, 5.74) is 0.783. The lowest BCUT2D eigenvalue weighted by molar-refractivity contribution is 0.0647. The first kappa shape index (κ1) is 18.6. The fraction of sp³-hybridized carbons (Fsp3) is 0.333. The lowest BCUT2D eigenvalue weighted by Gasteiger charge is -2.31. The van der Waals surface area contributed by atoms with Gasteiger partial charge in [-0.3, -0.25) is 9.59 Å². The van der Waals surface area contributed by atoms with Gasteiger partial charge in [-0.15, -0.1) is 0 Å². The fourth-order valence-electron chi connectivity index (χ4n) is 3.63. The predicted octanol–water partition coefficient (Wildman–Crippen LogP) is 3.55. The van der Waals surface area contributed by atoms with E-state index in [4.69, 9.17) is 21.1 Å². The molecule has 1 N–H and O–H groups in total. The molecule has 2 aromatic carbocycles. The summed E-state index contributed by atoms with van der Waals surface area (Å²) >= 11 is 5.94. The highest BCUT2D eigenvalue weighted by atomic mass is 35.5. The van der Waals surface area contributed by atoms with Crippen LogP contribution in [0, 0.1) is 5.92 Å². The minimum Gasteiger partial charge on any atom is -0.507 e. The van der Waals surface area contributed by atoms with E-state index in [-0.39, 0.29) is 28.9 Å². The van der Waals surface area contributed by atoms with Crippen LogP contribution in [-0.2, 0) is 0 Å². The molecule has 1 amide bonds. The number of ketones is 1. The van der Waals surface area contributed by atoms with Crippen molar-refractivity contribution in [3.63, 3.8) is 0 Å². The molecule has 7 heteroatoms. The number of hydrogen-bond acceptors (Lipinski definition) is 5. The van der Waals surface area contributed by atoms with Crippen molar-refractivity contribution in [2.75, 3.05) is 26.3 Å². The molecule has 0 radical (unpaired) electrons. The molecule has 1 saturated heterocycles. The lowest BCUT2D eigenvalue weighted by atomic mass is 9.88. The maximum Gasteiger partial charge on any atom is 0.257 e. The van der Waals surface area contributed by atoms with E-state index in [1.165, 1.54) is 18.2 Å². The van der Waals surface area contributed by atoms with Crippen LogP contribution in [0.1, 0.15) is 33.6 Å². The van der Waals surface area contributed by atoms with Gasteiger partial charge in [-0.05, 0) is 49.2 Å². The van der Waals surface area contributed by atoms with Crippen molar-refractivity contribution in [3.05, 3.63) is 52.5 Å². The van der Waals surface area contributed by atoms with Crippen LogP contribution in [0.15, 0.2) is 36.4 Å². The Bertz CT molecular complexity index is 921. The number of phenolic OH excluding ortho intramolecular Hbond substituents is 1. The molecule has 4 rings (SSSR count). The number of hydrogen-bond donors (Lipinski definition) is 1. The van der Waals surface area contributed by atoms with E-state index in [9.17, 15) is 14.7 Å². The molecule has 2 heterocycles. The summed E-state index contributed by atoms with van der Waals surface area (Å²) in [7, 11) is 0. The summed E-state index contributed by atoms with van der Waals surface area (Å²) in [4.78, 5) is 27.2. The number of carbonyl (C=O) groups excluding carboxylic acids is 2. The maximum atomic E-state index is 12.9. The smallest absolute Gasteiger partial charge is 0.257 e. The van der Waals surface area contributed by atoms with Gasteiger partial charge in [0.1, 0.15) is 19.0 Å². The highest BCUT2D eigenvalue weighted by Crippen LogP contribution is 2.33. The van der Waals surface area contributed by atoms with Gasteiger partial charge in [0.25, 0.3) is 5.91 Å². The molecule has 0 spiro atoms. The average molecular weight is 402 g/mol. The van der Waals surface area contributed by atoms with Gasteiger partial charge < -0.3 is 19.5 Å². The Morgan fingerprint density at radius 1 is 1.00 bits per heavy atom. The number of aromatic hydroxyl groups is 1. The van der Waals surface area contributed by atoms with Gasteiger partial charge in [-0.1, -0.05) is 11.6 Å². The van der Waals surface area contributed by atoms with Crippen LogP contribution in [0.25, 0.3) is 0 Å². The van der Waals surface area contributed by atoms with Crippen molar-refractivity contribution in [3.8, 4) is 17.2 Å². The number of likely N-dealkylation sites (tertiary alicyclic amines) is 1. The van der Waals surface area contributed by atoms with E-state index in [1.54, 1.807) is 23.1 Å². The van der Waals surface area contributed by atoms with E-state index >= 15 is 0 Å². The van der Waals surface area contributed by atoms with E-state index in [0.717, 1.165) is 0 Å². The van der Waals surface area contributed by atoms with Gasteiger partial charge >= 0.3 is 0 Å². The highest BCUT2D eigenvalue weighted by Gasteiger charge is 2.30. The molecular formula is C21H20ClNO5. The minimum atomic E-state index is -0.273. The van der Waals surface area contributed by atoms with Crippen molar-refractivity contribution < 1.29 is 24.2 Å². The number of amides is 1. The Balaban J connectivity index is 1.42. The average Bonchev–Trinajstić information content (AvgIpc) is 2.74. The van der Waals surface area contributed by atoms with Crippen LogP contribution < -0.4 is 9.47 Å². The molecule has 0 atom stereocenters. The minimum absolute atomic E-state index is 0.0506. The Hall–Kier alpha value is -2.73. The number of halogens is 1. The number of Topliss-reactive ketones (excluding diaryl/α,β-unsaturated/α-hetero) is 1. The van der Waals surface area contributed by atoms with Crippen molar-refractivity contribution in [2.45, 2.75) is 12.8 Å². The Morgan fingerprint density at radius 3 is 2.46 bits per heavy atom. The summed E-state index contributed by atoms with van der Waals surface area (Å²) < 4.78 is 11.0. The first-order valence-corrected chi connectivity index (χ1v) is 9.62. The largest absolute Gasteiger partial charge is 0.507 e. The van der Waals surface area contributed by atoms with Crippen molar-refractivity contribution in [1.29, 1.82) is 0 Å². The van der Waals surface area contributed by atoms with Crippen molar-refractivity contribution in [1.82, 2.24) is 4.90 Å². The number of carbonyl (C=O) groups is 2. The Labute approximate surface area is 167 Å². The first-order valence-electron chi connectivity index (χ1n) is 9.24. The van der Waals surface area contributed by atoms with Crippen LogP contribution in [-0.4, -0.2) is 48.0 Å².